The fourth-order valence-corrected chi connectivity index (χ4v) is 3.45. The van der Waals surface area contributed by atoms with Gasteiger partial charge in [0, 0.05) is 0 Å². The molecule has 2 heterocycles. The Hall–Kier alpha value is -2.01. The highest BCUT2D eigenvalue weighted by Crippen LogP contribution is 2.32. The van der Waals surface area contributed by atoms with Gasteiger partial charge >= 0.3 is 12.1 Å². The van der Waals surface area contributed by atoms with Crippen LogP contribution >= 0.6 is 11.3 Å². The SMILES string of the molecule is COC(=O)CCS(=O)(=O)c1nc(-c2cccs2)cc(C(F)(F)F)n1. The van der Waals surface area contributed by atoms with Gasteiger partial charge in [-0.2, -0.15) is 13.2 Å². The van der Waals surface area contributed by atoms with Gasteiger partial charge in [0.2, 0.25) is 15.0 Å². The zero-order valence-corrected chi connectivity index (χ0v) is 13.8. The molecule has 0 amide bonds. The van der Waals surface area contributed by atoms with Crippen LogP contribution in [0.4, 0.5) is 13.2 Å². The van der Waals surface area contributed by atoms with Crippen LogP contribution in [-0.4, -0.2) is 37.2 Å². The molecule has 130 valence electrons. The molecule has 0 aliphatic rings. The lowest BCUT2D eigenvalue weighted by atomic mass is 10.3. The molecular formula is C13H11F3N2O4S2. The van der Waals surface area contributed by atoms with Crippen LogP contribution in [0.1, 0.15) is 12.1 Å². The Balaban J connectivity index is 2.49. The minimum absolute atomic E-state index is 0.149. The quantitative estimate of drug-likeness (QED) is 0.585. The second kappa shape index (κ2) is 6.85. The number of thiophene rings is 1. The van der Waals surface area contributed by atoms with E-state index in [-0.39, 0.29) is 5.69 Å². The van der Waals surface area contributed by atoms with Crippen LogP contribution in [0.25, 0.3) is 10.6 Å². The smallest absolute Gasteiger partial charge is 0.433 e. The Bertz CT molecular complexity index is 833. The number of alkyl halides is 3. The molecule has 0 bridgehead atoms. The van der Waals surface area contributed by atoms with Crippen LogP contribution < -0.4 is 0 Å². The predicted octanol–water partition coefficient (Wildman–Crippen LogP) is 2.56. The molecule has 0 atom stereocenters. The van der Waals surface area contributed by atoms with E-state index in [0.717, 1.165) is 18.4 Å². The Kier molecular flexibility index (Phi) is 5.23. The zero-order chi connectivity index (χ0) is 18.0. The monoisotopic (exact) mass is 380 g/mol. The van der Waals surface area contributed by atoms with Crippen molar-refractivity contribution < 1.29 is 31.1 Å². The fraction of sp³-hybridized carbons (Fsp3) is 0.308. The molecule has 2 aromatic heterocycles. The fourth-order valence-electron chi connectivity index (χ4n) is 1.67. The second-order valence-corrected chi connectivity index (χ2v) is 7.49. The number of esters is 1. The number of methoxy groups -OCH3 is 1. The summed E-state index contributed by atoms with van der Waals surface area (Å²) in [7, 11) is -3.21. The third-order valence-corrected chi connectivity index (χ3v) is 5.22. The molecule has 0 saturated heterocycles. The standard InChI is InChI=1S/C13H11F3N2O4S2/c1-22-11(19)4-6-24(20,21)12-17-8(9-3-2-5-23-9)7-10(18-12)13(14,15)16/h2-3,5,7H,4,6H2,1H3. The minimum atomic E-state index is -4.83. The van der Waals surface area contributed by atoms with Gasteiger partial charge in [0.25, 0.3) is 0 Å². The molecule has 6 nitrogen and oxygen atoms in total. The number of aromatic nitrogens is 2. The highest BCUT2D eigenvalue weighted by molar-refractivity contribution is 7.91. The molecule has 2 rings (SSSR count). The molecule has 0 fully saturated rings. The number of ether oxygens (including phenoxy) is 1. The third kappa shape index (κ3) is 4.29. The molecule has 0 spiro atoms. The number of sulfone groups is 1. The van der Waals surface area contributed by atoms with Gasteiger partial charge < -0.3 is 4.74 Å². The third-order valence-electron chi connectivity index (χ3n) is 2.85. The van der Waals surface area contributed by atoms with E-state index in [2.05, 4.69) is 14.7 Å². The lowest BCUT2D eigenvalue weighted by Crippen LogP contribution is -2.18. The Morgan fingerprint density at radius 2 is 2.04 bits per heavy atom. The summed E-state index contributed by atoms with van der Waals surface area (Å²) < 4.78 is 67.6. The first-order valence-electron chi connectivity index (χ1n) is 6.43. The molecule has 0 saturated carbocycles. The summed E-state index contributed by atoms with van der Waals surface area (Å²) in [4.78, 5) is 18.3. The molecule has 24 heavy (non-hydrogen) atoms. The summed E-state index contributed by atoms with van der Waals surface area (Å²) in [5.74, 6) is -1.55. The number of hydrogen-bond donors (Lipinski definition) is 0. The van der Waals surface area contributed by atoms with Crippen molar-refractivity contribution in [3.05, 3.63) is 29.3 Å². The van der Waals surface area contributed by atoms with Gasteiger partial charge in [-0.05, 0) is 17.5 Å². The van der Waals surface area contributed by atoms with Gasteiger partial charge in [-0.15, -0.1) is 11.3 Å². The molecule has 0 aliphatic heterocycles. The zero-order valence-electron chi connectivity index (χ0n) is 12.2. The van der Waals surface area contributed by atoms with E-state index >= 15 is 0 Å². The van der Waals surface area contributed by atoms with Crippen molar-refractivity contribution in [3.63, 3.8) is 0 Å². The van der Waals surface area contributed by atoms with E-state index in [0.29, 0.717) is 10.9 Å². The predicted molar refractivity (Wildman–Crippen MR) is 79.0 cm³/mol. The highest BCUT2D eigenvalue weighted by atomic mass is 32.2. The van der Waals surface area contributed by atoms with Crippen LogP contribution in [0.2, 0.25) is 0 Å². The molecule has 0 aliphatic carbocycles. The number of halogens is 3. The van der Waals surface area contributed by atoms with E-state index in [4.69, 9.17) is 0 Å². The topological polar surface area (TPSA) is 86.2 Å². The van der Waals surface area contributed by atoms with Gasteiger partial charge in [0.15, 0.2) is 0 Å². The van der Waals surface area contributed by atoms with Gasteiger partial charge in [-0.1, -0.05) is 6.07 Å². The van der Waals surface area contributed by atoms with Gasteiger partial charge in [-0.3, -0.25) is 4.79 Å². The maximum absolute atomic E-state index is 13.0. The van der Waals surface area contributed by atoms with Crippen LogP contribution in [0.5, 0.6) is 0 Å². The van der Waals surface area contributed by atoms with E-state index in [1.165, 1.54) is 6.07 Å². The molecule has 0 N–H and O–H groups in total. The summed E-state index contributed by atoms with van der Waals surface area (Å²) in [5, 5.41) is 0.653. The molecule has 0 unspecified atom stereocenters. The maximum Gasteiger partial charge on any atom is 0.433 e. The normalized spacial score (nSPS) is 12.2. The van der Waals surface area contributed by atoms with E-state index in [1.54, 1.807) is 11.4 Å². The molecule has 11 heteroatoms. The van der Waals surface area contributed by atoms with Crippen LogP contribution in [0, 0.1) is 0 Å². The van der Waals surface area contributed by atoms with Gasteiger partial charge in [0.1, 0.15) is 5.69 Å². The van der Waals surface area contributed by atoms with Crippen molar-refractivity contribution in [1.82, 2.24) is 9.97 Å². The second-order valence-electron chi connectivity index (χ2n) is 4.54. The lowest BCUT2D eigenvalue weighted by Gasteiger charge is -2.10. The van der Waals surface area contributed by atoms with Crippen molar-refractivity contribution in [1.29, 1.82) is 0 Å². The average molecular weight is 380 g/mol. The summed E-state index contributed by atoms with van der Waals surface area (Å²) in [6.45, 7) is 0. The van der Waals surface area contributed by atoms with Gasteiger partial charge in [0.05, 0.1) is 29.9 Å². The number of carbonyl (C=O) groups excluding carboxylic acids is 1. The van der Waals surface area contributed by atoms with Crippen LogP contribution in [0.15, 0.2) is 28.7 Å². The number of rotatable bonds is 5. The summed E-state index contributed by atoms with van der Waals surface area (Å²) in [6, 6.07) is 3.80. The number of carbonyl (C=O) groups is 1. The van der Waals surface area contributed by atoms with E-state index < -0.39 is 45.0 Å². The van der Waals surface area contributed by atoms with Crippen LogP contribution in [-0.2, 0) is 25.5 Å². The van der Waals surface area contributed by atoms with Crippen molar-refractivity contribution in [3.8, 4) is 10.6 Å². The van der Waals surface area contributed by atoms with E-state index in [1.807, 2.05) is 0 Å². The Labute approximate surface area is 139 Å². The van der Waals surface area contributed by atoms with Crippen molar-refractivity contribution in [2.75, 3.05) is 12.9 Å². The molecular weight excluding hydrogens is 369 g/mol. The van der Waals surface area contributed by atoms with Crippen molar-refractivity contribution in [2.24, 2.45) is 0 Å². The first-order chi connectivity index (χ1) is 11.1. The lowest BCUT2D eigenvalue weighted by molar-refractivity contribution is -0.142. The first-order valence-corrected chi connectivity index (χ1v) is 8.96. The summed E-state index contributed by atoms with van der Waals surface area (Å²) >= 11 is 1.11. The van der Waals surface area contributed by atoms with Crippen molar-refractivity contribution in [2.45, 2.75) is 17.8 Å². The number of hydrogen-bond acceptors (Lipinski definition) is 7. The largest absolute Gasteiger partial charge is 0.469 e. The maximum atomic E-state index is 13.0. The molecule has 0 aromatic carbocycles. The van der Waals surface area contributed by atoms with E-state index in [9.17, 15) is 26.4 Å². The Morgan fingerprint density at radius 3 is 2.58 bits per heavy atom. The summed E-state index contributed by atoms with van der Waals surface area (Å²) in [6.07, 6.45) is -5.34. The highest BCUT2D eigenvalue weighted by Gasteiger charge is 2.35. The van der Waals surface area contributed by atoms with Gasteiger partial charge in [-0.25, -0.2) is 18.4 Å². The first kappa shape index (κ1) is 18.3. The summed E-state index contributed by atoms with van der Waals surface area (Å²) in [5.41, 5.74) is -1.51. The minimum Gasteiger partial charge on any atom is -0.469 e. The molecule has 0 radical (unpaired) electrons. The van der Waals surface area contributed by atoms with Crippen LogP contribution in [0.3, 0.4) is 0 Å². The molecule has 2 aromatic rings. The Morgan fingerprint density at radius 1 is 1.33 bits per heavy atom. The average Bonchev–Trinajstić information content (AvgIpc) is 3.05. The number of nitrogens with zero attached hydrogens (tertiary/aromatic N) is 2. The van der Waals surface area contributed by atoms with Crippen molar-refractivity contribution >= 4 is 27.1 Å².